The zero-order valence-electron chi connectivity index (χ0n) is 12.7. The Hall–Kier alpha value is -1.23. The molecule has 0 saturated carbocycles. The van der Waals surface area contributed by atoms with Gasteiger partial charge in [0.05, 0.1) is 21.9 Å². The summed E-state index contributed by atoms with van der Waals surface area (Å²) in [5.74, 6) is 0.190. The fraction of sp³-hybridized carbons (Fsp3) is 0.600. The van der Waals surface area contributed by atoms with Crippen LogP contribution in [-0.4, -0.2) is 38.0 Å². The average Bonchev–Trinajstić information content (AvgIpc) is 2.36. The van der Waals surface area contributed by atoms with Crippen molar-refractivity contribution in [1.29, 1.82) is 0 Å². The molecule has 1 unspecified atom stereocenters. The van der Waals surface area contributed by atoms with Crippen molar-refractivity contribution in [3.8, 4) is 0 Å². The Morgan fingerprint density at radius 1 is 1.30 bits per heavy atom. The van der Waals surface area contributed by atoms with E-state index in [1.165, 1.54) is 0 Å². The number of sulfone groups is 1. The summed E-state index contributed by atoms with van der Waals surface area (Å²) in [5, 5.41) is 3.38. The van der Waals surface area contributed by atoms with Gasteiger partial charge in [0.25, 0.3) is 0 Å². The van der Waals surface area contributed by atoms with E-state index in [4.69, 9.17) is 0 Å². The molecule has 0 aliphatic carbocycles. The van der Waals surface area contributed by atoms with E-state index in [1.807, 2.05) is 24.3 Å². The number of nitrogens with one attached hydrogen (secondary N) is 1. The van der Waals surface area contributed by atoms with E-state index < -0.39 is 14.6 Å². The van der Waals surface area contributed by atoms with Gasteiger partial charge in [-0.25, -0.2) is 8.42 Å². The van der Waals surface area contributed by atoms with Gasteiger partial charge in [0.15, 0.2) is 9.84 Å². The van der Waals surface area contributed by atoms with Crippen LogP contribution in [0.5, 0.6) is 0 Å². The first-order chi connectivity index (χ1) is 9.22. The topological polar surface area (TPSA) is 49.4 Å². The molecule has 0 bridgehead atoms. The second-order valence-electron chi connectivity index (χ2n) is 6.37. The number of hydrogen-bond acceptors (Lipinski definition) is 4. The van der Waals surface area contributed by atoms with Gasteiger partial charge in [0, 0.05) is 19.1 Å². The number of benzene rings is 1. The molecule has 0 radical (unpaired) electrons. The van der Waals surface area contributed by atoms with Gasteiger partial charge in [0.1, 0.15) is 0 Å². The van der Waals surface area contributed by atoms with Crippen molar-refractivity contribution >= 4 is 21.2 Å². The number of anilines is 2. The van der Waals surface area contributed by atoms with Crippen LogP contribution in [0, 0.1) is 0 Å². The third-order valence-electron chi connectivity index (χ3n) is 3.87. The molecule has 1 aromatic carbocycles. The van der Waals surface area contributed by atoms with Crippen LogP contribution in [0.25, 0.3) is 0 Å². The standard InChI is InChI=1S/C15H24N2O2S/c1-12-11-16-13-7-5-6-8-14(13)17(12)9-10-20(18,19)15(2,3)4/h5-8,12,16H,9-11H2,1-4H3. The molecule has 1 N–H and O–H groups in total. The van der Waals surface area contributed by atoms with Gasteiger partial charge in [-0.05, 0) is 39.8 Å². The Morgan fingerprint density at radius 2 is 1.95 bits per heavy atom. The van der Waals surface area contributed by atoms with Crippen molar-refractivity contribution in [2.75, 3.05) is 29.1 Å². The number of rotatable bonds is 3. The van der Waals surface area contributed by atoms with E-state index in [2.05, 4.69) is 17.1 Å². The first-order valence-electron chi connectivity index (χ1n) is 7.04. The van der Waals surface area contributed by atoms with Gasteiger partial charge >= 0.3 is 0 Å². The highest BCUT2D eigenvalue weighted by atomic mass is 32.2. The van der Waals surface area contributed by atoms with Gasteiger partial charge in [-0.15, -0.1) is 0 Å². The number of hydrogen-bond donors (Lipinski definition) is 1. The molecule has 0 saturated heterocycles. The maximum absolute atomic E-state index is 12.3. The van der Waals surface area contributed by atoms with Gasteiger partial charge in [0.2, 0.25) is 0 Å². The van der Waals surface area contributed by atoms with Crippen LogP contribution in [0.15, 0.2) is 24.3 Å². The molecule has 1 aliphatic heterocycles. The normalized spacial score (nSPS) is 19.4. The molecule has 1 atom stereocenters. The fourth-order valence-corrected chi connectivity index (χ4v) is 3.39. The zero-order chi connectivity index (χ0) is 15.0. The van der Waals surface area contributed by atoms with Crippen LogP contribution in [0.2, 0.25) is 0 Å². The van der Waals surface area contributed by atoms with E-state index in [0.29, 0.717) is 12.6 Å². The molecule has 0 spiro atoms. The summed E-state index contributed by atoms with van der Waals surface area (Å²) < 4.78 is 23.9. The largest absolute Gasteiger partial charge is 0.381 e. The quantitative estimate of drug-likeness (QED) is 0.931. The predicted molar refractivity (Wildman–Crippen MR) is 85.3 cm³/mol. The maximum Gasteiger partial charge on any atom is 0.156 e. The molecule has 1 aromatic rings. The Labute approximate surface area is 122 Å². The second-order valence-corrected chi connectivity index (χ2v) is 9.23. The van der Waals surface area contributed by atoms with Crippen LogP contribution in [0.3, 0.4) is 0 Å². The molecular formula is C15H24N2O2S. The van der Waals surface area contributed by atoms with Crippen LogP contribution >= 0.6 is 0 Å². The van der Waals surface area contributed by atoms with Gasteiger partial charge in [-0.1, -0.05) is 12.1 Å². The van der Waals surface area contributed by atoms with Crippen LogP contribution in [0.1, 0.15) is 27.7 Å². The molecule has 0 amide bonds. The predicted octanol–water partition coefficient (Wildman–Crippen LogP) is 2.52. The third kappa shape index (κ3) is 2.92. The molecule has 2 rings (SSSR count). The Morgan fingerprint density at radius 3 is 2.60 bits per heavy atom. The lowest BCUT2D eigenvalue weighted by Crippen LogP contribution is -2.45. The van der Waals surface area contributed by atoms with E-state index in [1.54, 1.807) is 20.8 Å². The lowest BCUT2D eigenvalue weighted by Gasteiger charge is -2.38. The summed E-state index contributed by atoms with van der Waals surface area (Å²) in [7, 11) is -3.09. The summed E-state index contributed by atoms with van der Waals surface area (Å²) in [6.07, 6.45) is 0. The molecule has 1 heterocycles. The lowest BCUT2D eigenvalue weighted by molar-refractivity contribution is 0.556. The first kappa shape index (κ1) is 15.2. The summed E-state index contributed by atoms with van der Waals surface area (Å²) in [6, 6.07) is 8.35. The van der Waals surface area contributed by atoms with Gasteiger partial charge < -0.3 is 10.2 Å². The SMILES string of the molecule is CC1CNc2ccccc2N1CCS(=O)(=O)C(C)(C)C. The molecule has 0 fully saturated rings. The summed E-state index contributed by atoms with van der Waals surface area (Å²) in [6.45, 7) is 8.78. The lowest BCUT2D eigenvalue weighted by atomic mass is 10.1. The number of fused-ring (bicyclic) bond motifs is 1. The monoisotopic (exact) mass is 296 g/mol. The minimum atomic E-state index is -3.09. The minimum absolute atomic E-state index is 0.190. The van der Waals surface area contributed by atoms with E-state index >= 15 is 0 Å². The van der Waals surface area contributed by atoms with Crippen LogP contribution in [0.4, 0.5) is 11.4 Å². The van der Waals surface area contributed by atoms with Crippen molar-refractivity contribution in [2.24, 2.45) is 0 Å². The van der Waals surface area contributed by atoms with E-state index in [0.717, 1.165) is 17.9 Å². The fourth-order valence-electron chi connectivity index (χ4n) is 2.34. The van der Waals surface area contributed by atoms with Gasteiger partial charge in [-0.2, -0.15) is 0 Å². The highest BCUT2D eigenvalue weighted by Crippen LogP contribution is 2.31. The molecule has 20 heavy (non-hydrogen) atoms. The molecule has 4 nitrogen and oxygen atoms in total. The Kier molecular flexibility index (Phi) is 4.00. The third-order valence-corrected chi connectivity index (χ3v) is 6.45. The van der Waals surface area contributed by atoms with Crippen molar-refractivity contribution in [3.63, 3.8) is 0 Å². The van der Waals surface area contributed by atoms with Crippen LogP contribution in [-0.2, 0) is 9.84 Å². The maximum atomic E-state index is 12.3. The molecule has 0 aromatic heterocycles. The highest BCUT2D eigenvalue weighted by Gasteiger charge is 2.31. The van der Waals surface area contributed by atoms with E-state index in [9.17, 15) is 8.42 Å². The first-order valence-corrected chi connectivity index (χ1v) is 8.69. The Bertz CT molecular complexity index is 576. The molecular weight excluding hydrogens is 272 g/mol. The van der Waals surface area contributed by atoms with Crippen molar-refractivity contribution in [1.82, 2.24) is 0 Å². The summed E-state index contributed by atoms with van der Waals surface area (Å²) in [5.41, 5.74) is 2.18. The number of nitrogens with zero attached hydrogens (tertiary/aromatic N) is 1. The molecule has 1 aliphatic rings. The van der Waals surface area contributed by atoms with E-state index in [-0.39, 0.29) is 5.75 Å². The summed E-state index contributed by atoms with van der Waals surface area (Å²) in [4.78, 5) is 2.19. The van der Waals surface area contributed by atoms with Crippen molar-refractivity contribution in [3.05, 3.63) is 24.3 Å². The van der Waals surface area contributed by atoms with Crippen molar-refractivity contribution < 1.29 is 8.42 Å². The summed E-state index contributed by atoms with van der Waals surface area (Å²) >= 11 is 0. The number of para-hydroxylation sites is 2. The Balaban J connectivity index is 2.18. The molecule has 112 valence electrons. The second kappa shape index (κ2) is 5.28. The molecule has 5 heteroatoms. The van der Waals surface area contributed by atoms with Gasteiger partial charge in [-0.3, -0.25) is 0 Å². The minimum Gasteiger partial charge on any atom is -0.381 e. The zero-order valence-corrected chi connectivity index (χ0v) is 13.5. The smallest absolute Gasteiger partial charge is 0.156 e. The highest BCUT2D eigenvalue weighted by molar-refractivity contribution is 7.92. The average molecular weight is 296 g/mol. The van der Waals surface area contributed by atoms with Crippen LogP contribution < -0.4 is 10.2 Å². The van der Waals surface area contributed by atoms with Crippen molar-refractivity contribution in [2.45, 2.75) is 38.5 Å².